The molecule has 0 radical (unpaired) electrons. The molecule has 0 spiro atoms. The van der Waals surface area contributed by atoms with Crippen molar-refractivity contribution in [3.05, 3.63) is 0 Å². The zero-order chi connectivity index (χ0) is 18.0. The Kier molecular flexibility index (Phi) is 5.35. The number of carboxylic acid groups (broad SMARTS) is 1. The fraction of sp³-hybridized carbons (Fsp3) is 0.842. The second-order valence-corrected chi connectivity index (χ2v) is 8.26. The van der Waals surface area contributed by atoms with Crippen LogP contribution in [0.3, 0.4) is 0 Å². The molecular weight excluding hydrogens is 320 g/mol. The Morgan fingerprint density at radius 1 is 0.840 bits per heavy atom. The third kappa shape index (κ3) is 3.67. The largest absolute Gasteiger partial charge is 0.481 e. The van der Waals surface area contributed by atoms with Crippen molar-refractivity contribution < 1.29 is 19.5 Å². The van der Waals surface area contributed by atoms with Crippen LogP contribution in [0, 0.1) is 17.3 Å². The lowest BCUT2D eigenvalue weighted by molar-refractivity contribution is -0.157. The first-order chi connectivity index (χ1) is 11.9. The molecule has 2 amide bonds. The molecule has 0 aromatic rings. The summed E-state index contributed by atoms with van der Waals surface area (Å²) < 4.78 is 0. The molecule has 3 rings (SSSR count). The highest BCUT2D eigenvalue weighted by Crippen LogP contribution is 2.36. The number of rotatable bonds is 3. The normalized spacial score (nSPS) is 33.3. The summed E-state index contributed by atoms with van der Waals surface area (Å²) in [7, 11) is 0. The number of hydrogen-bond donors (Lipinski definition) is 1. The Balaban J connectivity index is 1.72. The third-order valence-electron chi connectivity index (χ3n) is 6.34. The van der Waals surface area contributed by atoms with Crippen molar-refractivity contribution >= 4 is 17.8 Å². The molecule has 0 bridgehead atoms. The molecule has 6 heteroatoms. The van der Waals surface area contributed by atoms with E-state index in [2.05, 4.69) is 0 Å². The molecule has 0 aromatic carbocycles. The summed E-state index contributed by atoms with van der Waals surface area (Å²) in [4.78, 5) is 41.3. The topological polar surface area (TPSA) is 77.9 Å². The minimum Gasteiger partial charge on any atom is -0.481 e. The Hall–Kier alpha value is -1.59. The molecule has 25 heavy (non-hydrogen) atoms. The summed E-state index contributed by atoms with van der Waals surface area (Å²) >= 11 is 0. The van der Waals surface area contributed by atoms with Crippen molar-refractivity contribution in [3.63, 3.8) is 0 Å². The van der Waals surface area contributed by atoms with Gasteiger partial charge in [0.1, 0.15) is 0 Å². The molecule has 1 saturated carbocycles. The van der Waals surface area contributed by atoms with Crippen LogP contribution >= 0.6 is 0 Å². The van der Waals surface area contributed by atoms with Gasteiger partial charge in [0.05, 0.1) is 5.41 Å². The summed E-state index contributed by atoms with van der Waals surface area (Å²) in [6.07, 6.45) is 6.95. The summed E-state index contributed by atoms with van der Waals surface area (Å²) in [5, 5.41) is 9.49. The maximum Gasteiger partial charge on any atom is 0.311 e. The van der Waals surface area contributed by atoms with Gasteiger partial charge in [-0.15, -0.1) is 0 Å². The van der Waals surface area contributed by atoms with Crippen LogP contribution in [-0.4, -0.2) is 58.9 Å². The van der Waals surface area contributed by atoms with Crippen molar-refractivity contribution in [1.29, 1.82) is 0 Å². The molecule has 3 fully saturated rings. The number of likely N-dealkylation sites (tertiary alicyclic amines) is 2. The molecule has 1 N–H and O–H groups in total. The molecule has 3 aliphatic rings. The molecule has 0 aromatic heterocycles. The van der Waals surface area contributed by atoms with Gasteiger partial charge in [0.25, 0.3) is 0 Å². The number of piperidine rings is 1. The second-order valence-electron chi connectivity index (χ2n) is 8.26. The number of amides is 2. The fourth-order valence-corrected chi connectivity index (χ4v) is 4.73. The third-order valence-corrected chi connectivity index (χ3v) is 6.34. The van der Waals surface area contributed by atoms with E-state index in [1.807, 2.05) is 4.90 Å². The molecule has 2 saturated heterocycles. The van der Waals surface area contributed by atoms with Crippen LogP contribution in [0.5, 0.6) is 0 Å². The van der Waals surface area contributed by atoms with E-state index in [1.165, 1.54) is 0 Å². The Morgan fingerprint density at radius 3 is 1.92 bits per heavy atom. The predicted molar refractivity (Wildman–Crippen MR) is 92.8 cm³/mol. The summed E-state index contributed by atoms with van der Waals surface area (Å²) in [6.45, 7) is 4.24. The van der Waals surface area contributed by atoms with E-state index in [9.17, 15) is 19.5 Å². The summed E-state index contributed by atoms with van der Waals surface area (Å²) in [5.74, 6) is -1.16. The first kappa shape index (κ1) is 18.2. The van der Waals surface area contributed by atoms with Crippen LogP contribution < -0.4 is 0 Å². The van der Waals surface area contributed by atoms with Gasteiger partial charge in [-0.2, -0.15) is 0 Å². The van der Waals surface area contributed by atoms with Gasteiger partial charge in [-0.05, 0) is 45.4 Å². The monoisotopic (exact) mass is 350 g/mol. The van der Waals surface area contributed by atoms with Crippen molar-refractivity contribution in [2.75, 3.05) is 26.2 Å². The quantitative estimate of drug-likeness (QED) is 0.846. The van der Waals surface area contributed by atoms with Crippen LogP contribution in [0.1, 0.15) is 58.3 Å². The molecule has 3 unspecified atom stereocenters. The zero-order valence-corrected chi connectivity index (χ0v) is 15.2. The Labute approximate surface area is 149 Å². The number of nitrogens with zero attached hydrogens (tertiary/aromatic N) is 2. The minimum absolute atomic E-state index is 0.00409. The van der Waals surface area contributed by atoms with Crippen molar-refractivity contribution in [2.24, 2.45) is 17.3 Å². The lowest BCUT2D eigenvalue weighted by atomic mass is 9.76. The predicted octanol–water partition coefficient (Wildman–Crippen LogP) is 2.13. The van der Waals surface area contributed by atoms with Crippen molar-refractivity contribution in [1.82, 2.24) is 9.80 Å². The molecule has 3 atom stereocenters. The smallest absolute Gasteiger partial charge is 0.311 e. The number of carbonyl (C=O) groups excluding carboxylic acids is 2. The lowest BCUT2D eigenvalue weighted by Gasteiger charge is -2.41. The molecule has 2 heterocycles. The van der Waals surface area contributed by atoms with Gasteiger partial charge in [-0.25, -0.2) is 0 Å². The standard InChI is InChI=1S/C19H30N2O4/c1-19(18(24)25)9-6-12-21(13-19)17(23)15-8-3-2-7-14(15)16(22)20-10-4-5-11-20/h14-15H,2-13H2,1H3,(H,24,25). The van der Waals surface area contributed by atoms with E-state index in [1.54, 1.807) is 11.8 Å². The molecular formula is C19H30N2O4. The number of aliphatic carboxylic acids is 1. The maximum atomic E-state index is 13.2. The Morgan fingerprint density at radius 2 is 1.36 bits per heavy atom. The van der Waals surface area contributed by atoms with Gasteiger partial charge >= 0.3 is 5.97 Å². The van der Waals surface area contributed by atoms with Crippen LogP contribution in [-0.2, 0) is 14.4 Å². The maximum absolute atomic E-state index is 13.2. The average molecular weight is 350 g/mol. The molecule has 2 aliphatic heterocycles. The van der Waals surface area contributed by atoms with Crippen LogP contribution in [0.4, 0.5) is 0 Å². The van der Waals surface area contributed by atoms with Gasteiger partial charge in [0.2, 0.25) is 11.8 Å². The van der Waals surface area contributed by atoms with Crippen molar-refractivity contribution in [2.45, 2.75) is 58.3 Å². The zero-order valence-electron chi connectivity index (χ0n) is 15.2. The van der Waals surface area contributed by atoms with Gasteiger partial charge in [-0.3, -0.25) is 14.4 Å². The van der Waals surface area contributed by atoms with Gasteiger partial charge in [0, 0.05) is 38.0 Å². The summed E-state index contributed by atoms with van der Waals surface area (Å²) in [5.41, 5.74) is -0.864. The van der Waals surface area contributed by atoms with E-state index in [-0.39, 0.29) is 30.2 Å². The first-order valence-corrected chi connectivity index (χ1v) is 9.73. The van der Waals surface area contributed by atoms with Gasteiger partial charge < -0.3 is 14.9 Å². The highest BCUT2D eigenvalue weighted by atomic mass is 16.4. The highest BCUT2D eigenvalue weighted by molar-refractivity contribution is 5.88. The number of carboxylic acids is 1. The lowest BCUT2D eigenvalue weighted by Crippen LogP contribution is -2.52. The summed E-state index contributed by atoms with van der Waals surface area (Å²) in [6, 6.07) is 0. The van der Waals surface area contributed by atoms with E-state index in [0.29, 0.717) is 19.4 Å². The van der Waals surface area contributed by atoms with Crippen LogP contribution in [0.15, 0.2) is 0 Å². The second kappa shape index (κ2) is 7.34. The van der Waals surface area contributed by atoms with E-state index in [0.717, 1.165) is 51.6 Å². The Bertz CT molecular complexity index is 544. The van der Waals surface area contributed by atoms with E-state index < -0.39 is 11.4 Å². The van der Waals surface area contributed by atoms with Gasteiger partial charge in [-0.1, -0.05) is 12.8 Å². The SMILES string of the molecule is CC1(C(=O)O)CCCN(C(=O)C2CCCCC2C(=O)N2CCCC2)C1. The highest BCUT2D eigenvalue weighted by Gasteiger charge is 2.44. The molecule has 140 valence electrons. The van der Waals surface area contributed by atoms with E-state index in [4.69, 9.17) is 0 Å². The van der Waals surface area contributed by atoms with Crippen LogP contribution in [0.25, 0.3) is 0 Å². The number of hydrogen-bond acceptors (Lipinski definition) is 3. The minimum atomic E-state index is -0.864. The van der Waals surface area contributed by atoms with Crippen molar-refractivity contribution in [3.8, 4) is 0 Å². The molecule has 1 aliphatic carbocycles. The van der Waals surface area contributed by atoms with Gasteiger partial charge in [0.15, 0.2) is 0 Å². The fourth-order valence-electron chi connectivity index (χ4n) is 4.73. The van der Waals surface area contributed by atoms with Crippen LogP contribution in [0.2, 0.25) is 0 Å². The first-order valence-electron chi connectivity index (χ1n) is 9.73. The number of carbonyl (C=O) groups is 3. The molecule has 6 nitrogen and oxygen atoms in total. The van der Waals surface area contributed by atoms with E-state index >= 15 is 0 Å². The average Bonchev–Trinajstić information content (AvgIpc) is 3.15.